The number of hydrogen-bond donors (Lipinski definition) is 3. The molecule has 0 fully saturated rings. The second-order valence-electron chi connectivity index (χ2n) is 10.2. The van der Waals surface area contributed by atoms with Gasteiger partial charge in [-0.3, -0.25) is 0 Å². The number of hydrogen-bond acceptors (Lipinski definition) is 6. The molecule has 0 bridgehead atoms. The van der Waals surface area contributed by atoms with E-state index in [2.05, 4.69) is 44.0 Å². The Labute approximate surface area is 281 Å². The number of aliphatic hydroxyl groups is 3. The number of rotatable bonds is 11. The van der Waals surface area contributed by atoms with Crippen LogP contribution in [0.25, 0.3) is 0 Å². The van der Waals surface area contributed by atoms with E-state index in [0.717, 1.165) is 59.4 Å². The normalized spacial score (nSPS) is 11.0. The van der Waals surface area contributed by atoms with Crippen LogP contribution in [0.5, 0.6) is 11.5 Å². The predicted octanol–water partition coefficient (Wildman–Crippen LogP) is 7.90. The van der Waals surface area contributed by atoms with Crippen molar-refractivity contribution in [3.8, 4) is 11.5 Å². The highest BCUT2D eigenvalue weighted by atomic mass is 79.9. The summed E-state index contributed by atoms with van der Waals surface area (Å²) in [4.78, 5) is 0. The van der Waals surface area contributed by atoms with Crippen molar-refractivity contribution in [1.82, 2.24) is 0 Å². The maximum atomic E-state index is 9.66. The van der Waals surface area contributed by atoms with Gasteiger partial charge in [0, 0.05) is 8.95 Å². The molecule has 0 aliphatic carbocycles. The van der Waals surface area contributed by atoms with Crippen molar-refractivity contribution in [3.63, 3.8) is 0 Å². The maximum absolute atomic E-state index is 9.66. The summed E-state index contributed by atoms with van der Waals surface area (Å²) in [5.41, 5.74) is 5.47. The van der Waals surface area contributed by atoms with Crippen molar-refractivity contribution >= 4 is 31.9 Å². The Bertz CT molecular complexity index is 1570. The van der Waals surface area contributed by atoms with E-state index in [-0.39, 0.29) is 19.8 Å². The fraction of sp³-hybridized carbons (Fsp3) is 0.189. The second kappa shape index (κ2) is 16.7. The molecule has 0 atom stereocenters. The van der Waals surface area contributed by atoms with Gasteiger partial charge in [0.15, 0.2) is 0 Å². The molecule has 8 heteroatoms. The maximum Gasteiger partial charge on any atom is 0.144 e. The van der Waals surface area contributed by atoms with E-state index < -0.39 is 5.60 Å². The van der Waals surface area contributed by atoms with Crippen LogP contribution in [0.4, 0.5) is 0 Å². The zero-order chi connectivity index (χ0) is 32.2. The molecule has 6 nitrogen and oxygen atoms in total. The Kier molecular flexibility index (Phi) is 12.8. The number of halogens is 2. The highest BCUT2D eigenvalue weighted by molar-refractivity contribution is 9.10. The summed E-state index contributed by atoms with van der Waals surface area (Å²) in [5, 5.41) is 27.2. The quantitative estimate of drug-likeness (QED) is 0.120. The molecule has 3 N–H and O–H groups in total. The zero-order valence-electron chi connectivity index (χ0n) is 25.1. The van der Waals surface area contributed by atoms with Crippen LogP contribution < -0.4 is 9.47 Å². The molecular weight excluding hydrogens is 700 g/mol. The summed E-state index contributed by atoms with van der Waals surface area (Å²) < 4.78 is 19.5. The lowest BCUT2D eigenvalue weighted by Crippen LogP contribution is -2.32. The van der Waals surface area contributed by atoms with Gasteiger partial charge in [0.05, 0.1) is 40.6 Å². The topological polar surface area (TPSA) is 88.4 Å². The lowest BCUT2D eigenvalue weighted by molar-refractivity contribution is 0.000121. The predicted molar refractivity (Wildman–Crippen MR) is 183 cm³/mol. The average molecular weight is 736 g/mol. The van der Waals surface area contributed by atoms with Crippen LogP contribution in [0, 0.1) is 0 Å². The van der Waals surface area contributed by atoms with Gasteiger partial charge in [0.1, 0.15) is 17.1 Å². The molecule has 0 spiro atoms. The van der Waals surface area contributed by atoms with Crippen LogP contribution in [0.1, 0.15) is 38.9 Å². The fourth-order valence-corrected chi connectivity index (χ4v) is 6.23. The molecule has 45 heavy (non-hydrogen) atoms. The summed E-state index contributed by atoms with van der Waals surface area (Å²) in [6.07, 6.45) is 0. The molecule has 0 aliphatic heterocycles. The molecule has 0 radical (unpaired) electrons. The number of ether oxygens (including phenoxy) is 3. The Hall–Kier alpha value is -3.50. The van der Waals surface area contributed by atoms with Crippen molar-refractivity contribution in [2.45, 2.75) is 32.0 Å². The van der Waals surface area contributed by atoms with Crippen LogP contribution in [0.15, 0.2) is 124 Å². The first-order valence-electron chi connectivity index (χ1n) is 14.2. The third kappa shape index (κ3) is 8.82. The lowest BCUT2D eigenvalue weighted by Gasteiger charge is -2.36. The summed E-state index contributed by atoms with van der Waals surface area (Å²) >= 11 is 6.82. The van der Waals surface area contributed by atoms with Crippen LogP contribution >= 0.6 is 31.9 Å². The molecule has 0 saturated heterocycles. The first-order chi connectivity index (χ1) is 21.8. The van der Waals surface area contributed by atoms with E-state index in [1.165, 1.54) is 0 Å². The minimum absolute atomic E-state index is 0.00639. The molecular formula is C37H36Br2O6. The van der Waals surface area contributed by atoms with Crippen molar-refractivity contribution in [3.05, 3.63) is 163 Å². The van der Waals surface area contributed by atoms with Crippen LogP contribution in [0.3, 0.4) is 0 Å². The van der Waals surface area contributed by atoms with Gasteiger partial charge in [-0.2, -0.15) is 0 Å². The van der Waals surface area contributed by atoms with Gasteiger partial charge >= 0.3 is 0 Å². The highest BCUT2D eigenvalue weighted by Crippen LogP contribution is 2.42. The largest absolute Gasteiger partial charge is 0.497 e. The molecule has 5 rings (SSSR count). The van der Waals surface area contributed by atoms with Crippen LogP contribution in [-0.4, -0.2) is 29.5 Å². The van der Waals surface area contributed by atoms with Gasteiger partial charge in [0.2, 0.25) is 0 Å². The third-order valence-corrected chi connectivity index (χ3v) is 8.13. The first-order valence-corrected chi connectivity index (χ1v) is 15.8. The van der Waals surface area contributed by atoms with Crippen molar-refractivity contribution < 1.29 is 29.5 Å². The smallest absolute Gasteiger partial charge is 0.144 e. The van der Waals surface area contributed by atoms with Crippen molar-refractivity contribution in [2.24, 2.45) is 0 Å². The van der Waals surface area contributed by atoms with E-state index in [4.69, 9.17) is 24.4 Å². The van der Waals surface area contributed by atoms with Gasteiger partial charge in [-0.1, -0.05) is 98.6 Å². The Morgan fingerprint density at radius 3 is 1.29 bits per heavy atom. The van der Waals surface area contributed by atoms with Gasteiger partial charge in [-0.15, -0.1) is 0 Å². The highest BCUT2D eigenvalue weighted by Gasteiger charge is 2.38. The molecule has 0 heterocycles. The van der Waals surface area contributed by atoms with Gasteiger partial charge in [-0.05, 0) is 87.5 Å². The molecule has 5 aromatic carbocycles. The van der Waals surface area contributed by atoms with Crippen LogP contribution in [-0.2, 0) is 36.8 Å². The molecule has 0 aliphatic rings. The van der Waals surface area contributed by atoms with E-state index >= 15 is 0 Å². The summed E-state index contributed by atoms with van der Waals surface area (Å²) in [6.45, 7) is 0.311. The van der Waals surface area contributed by atoms with Gasteiger partial charge < -0.3 is 29.5 Å². The van der Waals surface area contributed by atoms with E-state index in [1.54, 1.807) is 20.3 Å². The van der Waals surface area contributed by atoms with Crippen LogP contribution in [0.2, 0.25) is 0 Å². The molecule has 0 saturated carbocycles. The molecule has 5 aromatic rings. The van der Waals surface area contributed by atoms with E-state index in [1.807, 2.05) is 97.1 Å². The van der Waals surface area contributed by atoms with Gasteiger partial charge in [0.25, 0.3) is 0 Å². The SMILES string of the molecule is COc1ccc(C(OCc2cc(Br)cc(CO)c2)(c2ccccc2)c2ccc(OC)cc2)cc1.OCc1cc(Br)cc(CO)c1. The first kappa shape index (κ1) is 34.4. The monoisotopic (exact) mass is 734 g/mol. The fourth-order valence-electron chi connectivity index (χ4n) is 5.06. The summed E-state index contributed by atoms with van der Waals surface area (Å²) in [7, 11) is 3.32. The molecule has 234 valence electrons. The Morgan fingerprint density at radius 1 is 0.511 bits per heavy atom. The van der Waals surface area contributed by atoms with Gasteiger partial charge in [-0.25, -0.2) is 0 Å². The number of aliphatic hydroxyl groups excluding tert-OH is 3. The minimum Gasteiger partial charge on any atom is -0.497 e. The molecule has 0 amide bonds. The third-order valence-electron chi connectivity index (χ3n) is 7.21. The average Bonchev–Trinajstić information content (AvgIpc) is 3.09. The van der Waals surface area contributed by atoms with Crippen molar-refractivity contribution in [1.29, 1.82) is 0 Å². The minimum atomic E-state index is -0.887. The number of benzene rings is 5. The Balaban J connectivity index is 0.000000354. The second-order valence-corrected chi connectivity index (χ2v) is 12.0. The van der Waals surface area contributed by atoms with E-state index in [9.17, 15) is 5.11 Å². The Morgan fingerprint density at radius 2 is 0.889 bits per heavy atom. The summed E-state index contributed by atoms with van der Waals surface area (Å²) in [6, 6.07) is 37.4. The standard InChI is InChI=1S/C29H27BrO4.C8H9BrO2/c1-32-27-12-8-24(9-13-27)29(23-6-4-3-5-7-23,25-10-14-28(33-2)15-11-25)34-20-22-16-21(19-31)17-26(30)18-22;9-8-2-6(4-10)1-7(3-8)5-11/h3-18,31H,19-20H2,1-2H3;1-3,10-11H,4-5H2. The molecule has 0 unspecified atom stereocenters. The molecule has 0 aromatic heterocycles. The summed E-state index contributed by atoms with van der Waals surface area (Å²) in [5.74, 6) is 1.56. The van der Waals surface area contributed by atoms with Crippen molar-refractivity contribution in [2.75, 3.05) is 14.2 Å². The van der Waals surface area contributed by atoms with E-state index in [0.29, 0.717) is 6.61 Å². The lowest BCUT2D eigenvalue weighted by atomic mass is 9.80. The number of methoxy groups -OCH3 is 2. The zero-order valence-corrected chi connectivity index (χ0v) is 28.3.